The van der Waals surface area contributed by atoms with Crippen molar-refractivity contribution < 1.29 is 85.2 Å². The minimum absolute atomic E-state index is 0.00662. The number of phosphoric acid groups is 1. The summed E-state index contributed by atoms with van der Waals surface area (Å²) in [5.74, 6) is -4.69. The van der Waals surface area contributed by atoms with E-state index >= 15 is 0 Å². The standard InChI is InChI=1S/C27H44N3O18P/c1-12(31)29-20-24(44-16(5)35)23(43-15(4)34)19(46-26(20)40-9-8-28)11-41-49(37,38)48-27-21(30-13(2)32)25(45-17(6)36)22(42-14(3)33)18(47-27)10-39-7/h18-27H,8-11,28H2,1-7H3,(H,29,31)(H,30,32)(H,37,38)/t18?,19?,20-,21-,22-,23-,24?,25?,26+,27-/m1/s1. The number of esters is 4. The second-order valence-corrected chi connectivity index (χ2v) is 12.2. The highest BCUT2D eigenvalue weighted by molar-refractivity contribution is 7.47. The molecule has 2 fully saturated rings. The lowest BCUT2D eigenvalue weighted by molar-refractivity contribution is -0.277. The number of nitrogens with two attached hydrogens (primary N) is 1. The number of hydrogen-bond donors (Lipinski definition) is 4. The maximum absolute atomic E-state index is 13.4. The van der Waals surface area contributed by atoms with Crippen molar-refractivity contribution in [3.05, 3.63) is 0 Å². The largest absolute Gasteiger partial charge is 0.474 e. The zero-order chi connectivity index (χ0) is 37.1. The molecule has 2 amide bonds. The highest BCUT2D eigenvalue weighted by atomic mass is 31.2. The Morgan fingerprint density at radius 3 is 1.51 bits per heavy atom. The molecule has 11 atom stereocenters. The Morgan fingerprint density at radius 1 is 0.694 bits per heavy atom. The molecule has 0 spiro atoms. The van der Waals surface area contributed by atoms with E-state index in [9.17, 15) is 38.2 Å². The van der Waals surface area contributed by atoms with E-state index in [1.54, 1.807) is 0 Å². The zero-order valence-corrected chi connectivity index (χ0v) is 28.9. The highest BCUT2D eigenvalue weighted by Gasteiger charge is 2.54. The summed E-state index contributed by atoms with van der Waals surface area (Å²) in [6.07, 6.45) is -11.9. The van der Waals surface area contributed by atoms with Crippen molar-refractivity contribution in [2.75, 3.05) is 33.5 Å². The molecular formula is C27H44N3O18P. The predicted octanol–water partition coefficient (Wildman–Crippen LogP) is -2.07. The Kier molecular flexibility index (Phi) is 16.4. The predicted molar refractivity (Wildman–Crippen MR) is 158 cm³/mol. The van der Waals surface area contributed by atoms with Gasteiger partial charge < -0.3 is 59.2 Å². The molecule has 0 bridgehead atoms. The fraction of sp³-hybridized carbons (Fsp3) is 0.778. The van der Waals surface area contributed by atoms with Gasteiger partial charge in [0.25, 0.3) is 0 Å². The summed E-state index contributed by atoms with van der Waals surface area (Å²) >= 11 is 0. The molecule has 0 aromatic rings. The number of carbonyl (C=O) groups is 6. The van der Waals surface area contributed by atoms with Crippen LogP contribution in [0.2, 0.25) is 0 Å². The number of phosphoric ester groups is 1. The van der Waals surface area contributed by atoms with E-state index in [4.69, 9.17) is 52.7 Å². The minimum Gasteiger partial charge on any atom is -0.456 e. The molecule has 2 heterocycles. The molecule has 2 aliphatic rings. The number of rotatable bonds is 16. The van der Waals surface area contributed by atoms with Crippen LogP contribution in [-0.4, -0.2) is 135 Å². The van der Waals surface area contributed by atoms with Crippen molar-refractivity contribution in [2.24, 2.45) is 5.73 Å². The van der Waals surface area contributed by atoms with Gasteiger partial charge in [-0.1, -0.05) is 0 Å². The van der Waals surface area contributed by atoms with Gasteiger partial charge in [-0.05, 0) is 0 Å². The van der Waals surface area contributed by atoms with E-state index in [0.29, 0.717) is 0 Å². The molecule has 5 N–H and O–H groups in total. The van der Waals surface area contributed by atoms with Crippen LogP contribution in [0.4, 0.5) is 0 Å². The van der Waals surface area contributed by atoms with Crippen LogP contribution in [0.3, 0.4) is 0 Å². The van der Waals surface area contributed by atoms with Gasteiger partial charge >= 0.3 is 31.7 Å². The Labute approximate surface area is 281 Å². The van der Waals surface area contributed by atoms with Crippen LogP contribution in [0, 0.1) is 0 Å². The maximum Gasteiger partial charge on any atom is 0.474 e. The van der Waals surface area contributed by atoms with Gasteiger partial charge in [0.1, 0.15) is 24.3 Å². The van der Waals surface area contributed by atoms with Gasteiger partial charge in [-0.25, -0.2) is 4.57 Å². The van der Waals surface area contributed by atoms with Crippen molar-refractivity contribution in [2.45, 2.75) is 103 Å². The second-order valence-electron chi connectivity index (χ2n) is 10.8. The van der Waals surface area contributed by atoms with E-state index in [-0.39, 0.29) is 19.8 Å². The highest BCUT2D eigenvalue weighted by Crippen LogP contribution is 2.47. The van der Waals surface area contributed by atoms with E-state index < -0.39 is 111 Å². The molecule has 0 saturated carbocycles. The van der Waals surface area contributed by atoms with Crippen LogP contribution in [-0.2, 0) is 80.3 Å². The van der Waals surface area contributed by atoms with Crippen molar-refractivity contribution in [3.63, 3.8) is 0 Å². The van der Waals surface area contributed by atoms with E-state index in [0.717, 1.165) is 34.6 Å². The monoisotopic (exact) mass is 729 g/mol. The number of carbonyl (C=O) groups excluding carboxylic acids is 6. The molecule has 0 aromatic carbocycles. The average molecular weight is 730 g/mol. The SMILES string of the molecule is COCC1O[C@H](OP(=O)(O)OCC2O[C@H](OCCN)[C@H](NC(C)=O)C(OC(C)=O)[C@@H]2OC(C)=O)[C@H](NC(C)=O)C(OC(C)=O)[C@@H]1OC(C)=O. The van der Waals surface area contributed by atoms with Gasteiger partial charge in [-0.15, -0.1) is 0 Å². The van der Waals surface area contributed by atoms with Crippen LogP contribution in [0.1, 0.15) is 41.5 Å². The summed E-state index contributed by atoms with van der Waals surface area (Å²) in [6, 6.07) is -2.77. The van der Waals surface area contributed by atoms with Crippen molar-refractivity contribution in [1.82, 2.24) is 10.6 Å². The third-order valence-corrected chi connectivity index (χ3v) is 7.56. The van der Waals surface area contributed by atoms with Gasteiger partial charge in [0.2, 0.25) is 11.8 Å². The second kappa shape index (κ2) is 19.2. The smallest absolute Gasteiger partial charge is 0.456 e. The van der Waals surface area contributed by atoms with E-state index in [1.807, 2.05) is 0 Å². The Balaban J connectivity index is 2.45. The van der Waals surface area contributed by atoms with E-state index in [2.05, 4.69) is 10.6 Å². The van der Waals surface area contributed by atoms with Crippen molar-refractivity contribution >= 4 is 43.5 Å². The first-order valence-electron chi connectivity index (χ1n) is 14.9. The molecule has 49 heavy (non-hydrogen) atoms. The third-order valence-electron chi connectivity index (χ3n) is 6.61. The zero-order valence-electron chi connectivity index (χ0n) is 28.0. The normalized spacial score (nSPS) is 31.0. The molecule has 5 unspecified atom stereocenters. The molecule has 22 heteroatoms. The fourth-order valence-electron chi connectivity index (χ4n) is 5.09. The summed E-state index contributed by atoms with van der Waals surface area (Å²) in [5, 5.41) is 4.92. The van der Waals surface area contributed by atoms with E-state index in [1.165, 1.54) is 14.0 Å². The van der Waals surface area contributed by atoms with Crippen LogP contribution in [0.15, 0.2) is 0 Å². The molecule has 21 nitrogen and oxygen atoms in total. The van der Waals surface area contributed by atoms with Gasteiger partial charge in [0.15, 0.2) is 37.0 Å². The van der Waals surface area contributed by atoms with Gasteiger partial charge in [0, 0.05) is 55.2 Å². The molecule has 0 aliphatic carbocycles. The van der Waals surface area contributed by atoms with Gasteiger partial charge in [-0.2, -0.15) is 0 Å². The number of amides is 2. The van der Waals surface area contributed by atoms with Crippen LogP contribution in [0.5, 0.6) is 0 Å². The average Bonchev–Trinajstić information content (AvgIpc) is 2.96. The van der Waals surface area contributed by atoms with Crippen LogP contribution in [0.25, 0.3) is 0 Å². The minimum atomic E-state index is -5.27. The Bertz CT molecular complexity index is 1240. The van der Waals surface area contributed by atoms with Crippen molar-refractivity contribution in [1.29, 1.82) is 0 Å². The summed E-state index contributed by atoms with van der Waals surface area (Å²) in [4.78, 5) is 83.1. The summed E-state index contributed by atoms with van der Waals surface area (Å²) in [7, 11) is -4.00. The summed E-state index contributed by atoms with van der Waals surface area (Å²) in [5.41, 5.74) is 5.55. The fourth-order valence-corrected chi connectivity index (χ4v) is 5.93. The molecule has 0 aromatic heterocycles. The lowest BCUT2D eigenvalue weighted by atomic mass is 9.96. The summed E-state index contributed by atoms with van der Waals surface area (Å²) < 4.78 is 67.7. The first-order chi connectivity index (χ1) is 22.9. The Morgan fingerprint density at radius 2 is 1.10 bits per heavy atom. The van der Waals surface area contributed by atoms with Crippen LogP contribution < -0.4 is 16.4 Å². The molecule has 2 rings (SSSR count). The Hall–Kier alpha value is -3.27. The molecular weight excluding hydrogens is 685 g/mol. The number of methoxy groups -OCH3 is 1. The number of ether oxygens (including phenoxy) is 8. The first kappa shape index (κ1) is 41.9. The number of nitrogens with one attached hydrogen (secondary N) is 2. The lowest BCUT2D eigenvalue weighted by Gasteiger charge is -2.45. The quantitative estimate of drug-likeness (QED) is 0.0754. The molecule has 280 valence electrons. The molecule has 0 radical (unpaired) electrons. The molecule has 2 saturated heterocycles. The van der Waals surface area contributed by atoms with Crippen LogP contribution >= 0.6 is 7.82 Å². The van der Waals surface area contributed by atoms with Crippen molar-refractivity contribution in [3.8, 4) is 0 Å². The first-order valence-corrected chi connectivity index (χ1v) is 16.4. The maximum atomic E-state index is 13.4. The van der Waals surface area contributed by atoms with Gasteiger partial charge in [0.05, 0.1) is 19.8 Å². The van der Waals surface area contributed by atoms with Gasteiger partial charge in [-0.3, -0.25) is 37.8 Å². The third kappa shape index (κ3) is 13.2. The summed E-state index contributed by atoms with van der Waals surface area (Å²) in [6.45, 7) is 5.19. The molecule has 2 aliphatic heterocycles. The topological polar surface area (TPSA) is 282 Å². The number of hydrogen-bond acceptors (Lipinski definition) is 18. The lowest BCUT2D eigenvalue weighted by Crippen LogP contribution is -2.66.